The average Bonchev–Trinajstić information content (AvgIpc) is 2.30. The Morgan fingerprint density at radius 3 is 2.69 bits per heavy atom. The zero-order valence-electron chi connectivity index (χ0n) is 9.65. The Balaban J connectivity index is 2.12. The zero-order valence-corrected chi connectivity index (χ0v) is 9.65. The number of hydrogen-bond acceptors (Lipinski definition) is 3. The molecule has 1 rings (SSSR count). The van der Waals surface area contributed by atoms with Gasteiger partial charge in [-0.2, -0.15) is 5.26 Å². The Kier molecular flexibility index (Phi) is 4.97. The van der Waals surface area contributed by atoms with E-state index in [1.54, 1.807) is 6.92 Å². The van der Waals surface area contributed by atoms with Crippen molar-refractivity contribution in [2.75, 3.05) is 13.2 Å². The van der Waals surface area contributed by atoms with Crippen LogP contribution >= 0.6 is 0 Å². The number of hydrogen-bond donors (Lipinski definition) is 1. The first-order valence-electron chi connectivity index (χ1n) is 5.46. The van der Waals surface area contributed by atoms with Gasteiger partial charge in [-0.05, 0) is 25.3 Å². The molecule has 86 valence electrons. The third-order valence-corrected chi connectivity index (χ3v) is 2.25. The van der Waals surface area contributed by atoms with Crippen LogP contribution in [0.5, 0.6) is 0 Å². The van der Waals surface area contributed by atoms with Gasteiger partial charge in [0, 0.05) is 6.61 Å². The smallest absolute Gasteiger partial charge is 0.124 e. The molecule has 2 N–H and O–H groups in total. The van der Waals surface area contributed by atoms with E-state index in [2.05, 4.69) is 12.1 Å². The molecule has 0 fully saturated rings. The number of nitriles is 1. The van der Waals surface area contributed by atoms with Crippen LogP contribution in [0.3, 0.4) is 0 Å². The van der Waals surface area contributed by atoms with Crippen LogP contribution in [0.4, 0.5) is 0 Å². The normalized spacial score (nSPS) is 14.1. The number of nitrogens with zero attached hydrogens (tertiary/aromatic N) is 1. The fourth-order valence-electron chi connectivity index (χ4n) is 1.34. The van der Waals surface area contributed by atoms with Gasteiger partial charge >= 0.3 is 0 Å². The first kappa shape index (κ1) is 12.7. The second-order valence-corrected chi connectivity index (χ2v) is 4.17. The highest BCUT2D eigenvalue weighted by atomic mass is 16.5. The average molecular weight is 218 g/mol. The van der Waals surface area contributed by atoms with E-state index in [0.29, 0.717) is 6.61 Å². The van der Waals surface area contributed by atoms with E-state index in [1.807, 2.05) is 24.3 Å². The topological polar surface area (TPSA) is 59.0 Å². The lowest BCUT2D eigenvalue weighted by Crippen LogP contribution is -2.39. The Hall–Kier alpha value is -1.37. The van der Waals surface area contributed by atoms with Gasteiger partial charge in [-0.3, -0.25) is 0 Å². The van der Waals surface area contributed by atoms with Crippen molar-refractivity contribution in [2.24, 2.45) is 5.73 Å². The summed E-state index contributed by atoms with van der Waals surface area (Å²) in [7, 11) is 0. The Morgan fingerprint density at radius 2 is 2.06 bits per heavy atom. The van der Waals surface area contributed by atoms with Gasteiger partial charge in [0.2, 0.25) is 0 Å². The minimum Gasteiger partial charge on any atom is -0.378 e. The van der Waals surface area contributed by atoms with E-state index >= 15 is 0 Å². The van der Waals surface area contributed by atoms with Crippen LogP contribution in [-0.4, -0.2) is 18.8 Å². The first-order valence-corrected chi connectivity index (χ1v) is 5.46. The van der Waals surface area contributed by atoms with Gasteiger partial charge in [-0.1, -0.05) is 30.3 Å². The third-order valence-electron chi connectivity index (χ3n) is 2.25. The molecule has 0 spiro atoms. The van der Waals surface area contributed by atoms with E-state index in [4.69, 9.17) is 15.7 Å². The minimum absolute atomic E-state index is 0.290. The highest BCUT2D eigenvalue weighted by Gasteiger charge is 2.16. The predicted molar refractivity (Wildman–Crippen MR) is 63.8 cm³/mol. The van der Waals surface area contributed by atoms with Gasteiger partial charge < -0.3 is 10.5 Å². The van der Waals surface area contributed by atoms with Crippen molar-refractivity contribution in [1.29, 1.82) is 5.26 Å². The molecule has 0 aromatic heterocycles. The SMILES string of the molecule is CC(N)(C#N)COCCCc1ccccc1. The summed E-state index contributed by atoms with van der Waals surface area (Å²) >= 11 is 0. The van der Waals surface area contributed by atoms with Crippen LogP contribution in [-0.2, 0) is 11.2 Å². The summed E-state index contributed by atoms with van der Waals surface area (Å²) in [5.74, 6) is 0. The van der Waals surface area contributed by atoms with Crippen LogP contribution in [0.2, 0.25) is 0 Å². The fraction of sp³-hybridized carbons (Fsp3) is 0.462. The molecule has 1 aromatic rings. The van der Waals surface area contributed by atoms with Crippen molar-refractivity contribution < 1.29 is 4.74 Å². The fourth-order valence-corrected chi connectivity index (χ4v) is 1.34. The van der Waals surface area contributed by atoms with Crippen molar-refractivity contribution in [1.82, 2.24) is 0 Å². The molecule has 0 saturated carbocycles. The standard InChI is InChI=1S/C13H18N2O/c1-13(15,10-14)11-16-9-5-8-12-6-3-2-4-7-12/h2-4,6-7H,5,8-9,11,15H2,1H3. The summed E-state index contributed by atoms with van der Waals surface area (Å²) in [4.78, 5) is 0. The predicted octanol–water partition coefficient (Wildman–Crippen LogP) is 1.88. The van der Waals surface area contributed by atoms with Gasteiger partial charge in [0.15, 0.2) is 0 Å². The van der Waals surface area contributed by atoms with Crippen molar-refractivity contribution in [3.63, 3.8) is 0 Å². The summed E-state index contributed by atoms with van der Waals surface area (Å²) in [6, 6.07) is 12.3. The second-order valence-electron chi connectivity index (χ2n) is 4.17. The molecule has 1 unspecified atom stereocenters. The maximum absolute atomic E-state index is 8.67. The highest BCUT2D eigenvalue weighted by molar-refractivity contribution is 5.14. The number of rotatable bonds is 6. The second kappa shape index (κ2) is 6.26. The van der Waals surface area contributed by atoms with Crippen molar-refractivity contribution in [3.8, 4) is 6.07 Å². The minimum atomic E-state index is -0.868. The van der Waals surface area contributed by atoms with Crippen LogP contribution in [0.25, 0.3) is 0 Å². The zero-order chi connectivity index (χ0) is 11.9. The molecule has 0 saturated heterocycles. The summed E-state index contributed by atoms with van der Waals surface area (Å²) in [6.07, 6.45) is 1.94. The van der Waals surface area contributed by atoms with Crippen molar-refractivity contribution in [2.45, 2.75) is 25.3 Å². The van der Waals surface area contributed by atoms with Gasteiger partial charge in [0.1, 0.15) is 5.54 Å². The van der Waals surface area contributed by atoms with E-state index in [9.17, 15) is 0 Å². The van der Waals surface area contributed by atoms with Crippen LogP contribution in [0.15, 0.2) is 30.3 Å². The lowest BCUT2D eigenvalue weighted by molar-refractivity contribution is 0.106. The van der Waals surface area contributed by atoms with E-state index < -0.39 is 5.54 Å². The van der Waals surface area contributed by atoms with E-state index in [1.165, 1.54) is 5.56 Å². The summed E-state index contributed by atoms with van der Waals surface area (Å²) in [5, 5.41) is 8.67. The summed E-state index contributed by atoms with van der Waals surface area (Å²) in [6.45, 7) is 2.60. The molecule has 0 aliphatic heterocycles. The van der Waals surface area contributed by atoms with Crippen LogP contribution in [0.1, 0.15) is 18.9 Å². The molecular formula is C13H18N2O. The van der Waals surface area contributed by atoms with Crippen LogP contribution < -0.4 is 5.73 Å². The largest absolute Gasteiger partial charge is 0.378 e. The number of aryl methyl sites for hydroxylation is 1. The van der Waals surface area contributed by atoms with Gasteiger partial charge in [-0.15, -0.1) is 0 Å². The molecular weight excluding hydrogens is 200 g/mol. The van der Waals surface area contributed by atoms with E-state index in [0.717, 1.165) is 12.8 Å². The molecule has 1 aromatic carbocycles. The van der Waals surface area contributed by atoms with Crippen molar-refractivity contribution >= 4 is 0 Å². The molecule has 0 aliphatic carbocycles. The molecule has 0 amide bonds. The Morgan fingerprint density at radius 1 is 1.38 bits per heavy atom. The van der Waals surface area contributed by atoms with Gasteiger partial charge in [-0.25, -0.2) is 0 Å². The molecule has 1 atom stereocenters. The highest BCUT2D eigenvalue weighted by Crippen LogP contribution is 2.03. The van der Waals surface area contributed by atoms with Crippen LogP contribution in [0, 0.1) is 11.3 Å². The van der Waals surface area contributed by atoms with Gasteiger partial charge in [0.25, 0.3) is 0 Å². The maximum atomic E-state index is 8.67. The first-order chi connectivity index (χ1) is 7.64. The van der Waals surface area contributed by atoms with Crippen molar-refractivity contribution in [3.05, 3.63) is 35.9 Å². The molecule has 3 heteroatoms. The molecule has 3 nitrogen and oxygen atoms in total. The third kappa shape index (κ3) is 4.92. The molecule has 16 heavy (non-hydrogen) atoms. The Labute approximate surface area is 96.8 Å². The molecule has 0 radical (unpaired) electrons. The quantitative estimate of drug-likeness (QED) is 0.742. The molecule has 0 bridgehead atoms. The lowest BCUT2D eigenvalue weighted by atomic mass is 10.1. The number of benzene rings is 1. The number of nitrogens with two attached hydrogens (primary N) is 1. The summed E-state index contributed by atoms with van der Waals surface area (Å²) in [5.41, 5.74) is 6.06. The monoisotopic (exact) mass is 218 g/mol. The van der Waals surface area contributed by atoms with E-state index in [-0.39, 0.29) is 6.61 Å². The molecule has 0 heterocycles. The lowest BCUT2D eigenvalue weighted by Gasteiger charge is -2.14. The van der Waals surface area contributed by atoms with Gasteiger partial charge in [0.05, 0.1) is 12.7 Å². The maximum Gasteiger partial charge on any atom is 0.124 e. The molecule has 0 aliphatic rings. The number of ether oxygens (including phenoxy) is 1. The Bertz CT molecular complexity index is 341. The summed E-state index contributed by atoms with van der Waals surface area (Å²) < 4.78 is 5.36.